The highest BCUT2D eigenvalue weighted by Gasteiger charge is 2.10. The molecule has 19 heavy (non-hydrogen) atoms. The van der Waals surface area contributed by atoms with Crippen LogP contribution in [0, 0.1) is 6.92 Å². The van der Waals surface area contributed by atoms with Crippen molar-refractivity contribution in [2.75, 3.05) is 0 Å². The van der Waals surface area contributed by atoms with Crippen LogP contribution in [0.25, 0.3) is 0 Å². The zero-order chi connectivity index (χ0) is 13.8. The molecule has 1 aromatic carbocycles. The molecule has 0 amide bonds. The van der Waals surface area contributed by atoms with Crippen molar-refractivity contribution in [1.82, 2.24) is 4.98 Å². The third-order valence-corrected chi connectivity index (χ3v) is 2.87. The number of nitrogens with zero attached hydrogens (tertiary/aromatic N) is 1. The lowest BCUT2D eigenvalue weighted by molar-refractivity contribution is 0.242. The molecule has 0 spiro atoms. The number of rotatable bonds is 4. The molecule has 3 nitrogen and oxygen atoms in total. The van der Waals surface area contributed by atoms with Gasteiger partial charge in [-0.05, 0) is 56.2 Å². The fourth-order valence-corrected chi connectivity index (χ4v) is 2.01. The molecule has 0 aliphatic rings. The molecule has 1 heterocycles. The molecule has 0 radical (unpaired) electrons. The van der Waals surface area contributed by atoms with E-state index in [0.717, 1.165) is 22.6 Å². The monoisotopic (exact) mass is 256 g/mol. The van der Waals surface area contributed by atoms with Crippen molar-refractivity contribution >= 4 is 0 Å². The van der Waals surface area contributed by atoms with Gasteiger partial charge in [0, 0.05) is 11.9 Å². The molecule has 100 valence electrons. The standard InChI is InChI=1S/C16H20N2O/c1-11(2)19-15-6-4-5-13(10-15)16(17)14-7-8-18-12(3)9-14/h4-11,16H,17H2,1-3H3. The molecule has 0 fully saturated rings. The molecule has 3 heteroatoms. The van der Waals surface area contributed by atoms with Crippen molar-refractivity contribution in [3.8, 4) is 5.75 Å². The first-order valence-electron chi connectivity index (χ1n) is 6.51. The van der Waals surface area contributed by atoms with Gasteiger partial charge in [0.1, 0.15) is 5.75 Å². The molecule has 0 bridgehead atoms. The van der Waals surface area contributed by atoms with E-state index in [2.05, 4.69) is 4.98 Å². The Morgan fingerprint density at radius 3 is 2.53 bits per heavy atom. The van der Waals surface area contributed by atoms with Gasteiger partial charge in [-0.2, -0.15) is 0 Å². The second-order valence-corrected chi connectivity index (χ2v) is 4.95. The Labute approximate surface area is 114 Å². The van der Waals surface area contributed by atoms with Gasteiger partial charge in [-0.3, -0.25) is 4.98 Å². The summed E-state index contributed by atoms with van der Waals surface area (Å²) < 4.78 is 5.70. The Morgan fingerprint density at radius 2 is 1.84 bits per heavy atom. The minimum Gasteiger partial charge on any atom is -0.491 e. The van der Waals surface area contributed by atoms with E-state index in [0.29, 0.717) is 0 Å². The minimum atomic E-state index is -0.155. The van der Waals surface area contributed by atoms with Crippen LogP contribution in [0.1, 0.15) is 36.7 Å². The van der Waals surface area contributed by atoms with Crippen LogP contribution >= 0.6 is 0 Å². The van der Waals surface area contributed by atoms with Crippen LogP contribution in [0.3, 0.4) is 0 Å². The first-order chi connectivity index (χ1) is 9.06. The summed E-state index contributed by atoms with van der Waals surface area (Å²) in [6.45, 7) is 5.99. The maximum absolute atomic E-state index is 6.30. The lowest BCUT2D eigenvalue weighted by Crippen LogP contribution is -2.13. The Bertz CT molecular complexity index is 552. The minimum absolute atomic E-state index is 0.155. The third kappa shape index (κ3) is 3.55. The number of benzene rings is 1. The maximum atomic E-state index is 6.30. The summed E-state index contributed by atoms with van der Waals surface area (Å²) in [6, 6.07) is 11.8. The van der Waals surface area contributed by atoms with Crippen LogP contribution in [-0.2, 0) is 0 Å². The highest BCUT2D eigenvalue weighted by Crippen LogP contribution is 2.23. The number of hydrogen-bond acceptors (Lipinski definition) is 3. The molecule has 0 aliphatic carbocycles. The predicted octanol–water partition coefficient (Wildman–Crippen LogP) is 3.23. The number of aromatic nitrogens is 1. The van der Waals surface area contributed by atoms with Crippen molar-refractivity contribution in [2.45, 2.75) is 32.9 Å². The number of ether oxygens (including phenoxy) is 1. The Balaban J connectivity index is 2.26. The summed E-state index contributed by atoms with van der Waals surface area (Å²) in [5, 5.41) is 0. The van der Waals surface area contributed by atoms with Crippen LogP contribution < -0.4 is 10.5 Å². The van der Waals surface area contributed by atoms with Crippen molar-refractivity contribution in [1.29, 1.82) is 0 Å². The zero-order valence-corrected chi connectivity index (χ0v) is 11.6. The fraction of sp³-hybridized carbons (Fsp3) is 0.312. The highest BCUT2D eigenvalue weighted by atomic mass is 16.5. The van der Waals surface area contributed by atoms with Crippen molar-refractivity contribution in [3.63, 3.8) is 0 Å². The normalized spacial score (nSPS) is 12.5. The SMILES string of the molecule is Cc1cc(C(N)c2cccc(OC(C)C)c2)ccn1. The van der Waals surface area contributed by atoms with Crippen molar-refractivity contribution < 1.29 is 4.74 Å². The van der Waals surface area contributed by atoms with Crippen LogP contribution in [0.15, 0.2) is 42.6 Å². The van der Waals surface area contributed by atoms with Crippen LogP contribution in [0.2, 0.25) is 0 Å². The second kappa shape index (κ2) is 5.85. The molecule has 1 unspecified atom stereocenters. The summed E-state index contributed by atoms with van der Waals surface area (Å²) in [5.74, 6) is 0.855. The van der Waals surface area contributed by atoms with Gasteiger partial charge in [0.05, 0.1) is 12.1 Å². The number of pyridine rings is 1. The second-order valence-electron chi connectivity index (χ2n) is 4.95. The molecule has 2 N–H and O–H groups in total. The molecular weight excluding hydrogens is 236 g/mol. The maximum Gasteiger partial charge on any atom is 0.120 e. The Hall–Kier alpha value is -1.87. The predicted molar refractivity (Wildman–Crippen MR) is 77.2 cm³/mol. The van der Waals surface area contributed by atoms with Crippen molar-refractivity contribution in [3.05, 3.63) is 59.4 Å². The van der Waals surface area contributed by atoms with E-state index in [1.54, 1.807) is 6.20 Å². The topological polar surface area (TPSA) is 48.1 Å². The van der Waals surface area contributed by atoms with Gasteiger partial charge in [-0.25, -0.2) is 0 Å². The van der Waals surface area contributed by atoms with Gasteiger partial charge in [0.15, 0.2) is 0 Å². The first-order valence-corrected chi connectivity index (χ1v) is 6.51. The van der Waals surface area contributed by atoms with Gasteiger partial charge in [-0.15, -0.1) is 0 Å². The van der Waals surface area contributed by atoms with E-state index in [-0.39, 0.29) is 12.1 Å². The van der Waals surface area contributed by atoms with Crippen molar-refractivity contribution in [2.24, 2.45) is 5.73 Å². The number of aryl methyl sites for hydroxylation is 1. The number of nitrogens with two attached hydrogens (primary N) is 1. The van der Waals surface area contributed by atoms with Gasteiger partial charge >= 0.3 is 0 Å². The lowest BCUT2D eigenvalue weighted by atomic mass is 10.00. The van der Waals surface area contributed by atoms with Gasteiger partial charge in [-0.1, -0.05) is 12.1 Å². The molecule has 1 aromatic heterocycles. The zero-order valence-electron chi connectivity index (χ0n) is 11.6. The lowest BCUT2D eigenvalue weighted by Gasteiger charge is -2.15. The van der Waals surface area contributed by atoms with Crippen LogP contribution in [0.4, 0.5) is 0 Å². The average molecular weight is 256 g/mol. The van der Waals surface area contributed by atoms with Gasteiger partial charge in [0.2, 0.25) is 0 Å². The van der Waals surface area contributed by atoms with E-state index in [1.807, 2.05) is 57.2 Å². The van der Waals surface area contributed by atoms with Crippen LogP contribution in [0.5, 0.6) is 5.75 Å². The van der Waals surface area contributed by atoms with Gasteiger partial charge < -0.3 is 10.5 Å². The summed E-state index contributed by atoms with van der Waals surface area (Å²) in [5.41, 5.74) is 9.39. The molecule has 0 saturated carbocycles. The van der Waals surface area contributed by atoms with E-state index < -0.39 is 0 Å². The molecule has 0 aliphatic heterocycles. The van der Waals surface area contributed by atoms with E-state index in [1.165, 1.54) is 0 Å². The summed E-state index contributed by atoms with van der Waals surface area (Å²) in [7, 11) is 0. The summed E-state index contributed by atoms with van der Waals surface area (Å²) >= 11 is 0. The summed E-state index contributed by atoms with van der Waals surface area (Å²) in [4.78, 5) is 4.19. The van der Waals surface area contributed by atoms with E-state index in [9.17, 15) is 0 Å². The van der Waals surface area contributed by atoms with E-state index >= 15 is 0 Å². The Morgan fingerprint density at radius 1 is 1.11 bits per heavy atom. The largest absolute Gasteiger partial charge is 0.491 e. The van der Waals surface area contributed by atoms with E-state index in [4.69, 9.17) is 10.5 Å². The van der Waals surface area contributed by atoms with Gasteiger partial charge in [0.25, 0.3) is 0 Å². The molecule has 2 aromatic rings. The Kier molecular flexibility index (Phi) is 4.17. The average Bonchev–Trinajstić information content (AvgIpc) is 2.37. The smallest absolute Gasteiger partial charge is 0.120 e. The summed E-state index contributed by atoms with van der Waals surface area (Å²) in [6.07, 6.45) is 1.95. The fourth-order valence-electron chi connectivity index (χ4n) is 2.01. The number of hydrogen-bond donors (Lipinski definition) is 1. The molecule has 0 saturated heterocycles. The third-order valence-electron chi connectivity index (χ3n) is 2.87. The van der Waals surface area contributed by atoms with Crippen LogP contribution in [-0.4, -0.2) is 11.1 Å². The molecule has 1 atom stereocenters. The molecular formula is C16H20N2O. The quantitative estimate of drug-likeness (QED) is 0.913. The first kappa shape index (κ1) is 13.6. The highest BCUT2D eigenvalue weighted by molar-refractivity contribution is 5.36. The molecule has 2 rings (SSSR count).